The lowest BCUT2D eigenvalue weighted by Gasteiger charge is -2.36. The van der Waals surface area contributed by atoms with Crippen molar-refractivity contribution in [2.24, 2.45) is 5.41 Å². The highest BCUT2D eigenvalue weighted by Crippen LogP contribution is 2.32. The van der Waals surface area contributed by atoms with Crippen LogP contribution in [0.25, 0.3) is 0 Å². The van der Waals surface area contributed by atoms with Gasteiger partial charge in [0.2, 0.25) is 0 Å². The fourth-order valence-electron chi connectivity index (χ4n) is 2.54. The molecule has 2 aliphatic heterocycles. The summed E-state index contributed by atoms with van der Waals surface area (Å²) in [5, 5.41) is 8.93. The van der Waals surface area contributed by atoms with Crippen molar-refractivity contribution in [1.29, 1.82) is 0 Å². The van der Waals surface area contributed by atoms with Crippen molar-refractivity contribution in [3.8, 4) is 0 Å². The monoisotopic (exact) mass is 292 g/mol. The van der Waals surface area contributed by atoms with E-state index in [0.717, 1.165) is 0 Å². The summed E-state index contributed by atoms with van der Waals surface area (Å²) in [6, 6.07) is 0. The molecule has 21 heavy (non-hydrogen) atoms. The predicted molar refractivity (Wildman–Crippen MR) is 76.6 cm³/mol. The largest absolute Gasteiger partial charge is 0.465 e. The Morgan fingerprint density at radius 3 is 2.52 bits per heavy atom. The minimum absolute atomic E-state index is 0.198. The topological polar surface area (TPSA) is 77.9 Å². The first-order valence-electron chi connectivity index (χ1n) is 7.10. The number of carbonyl (C=O) groups is 3. The molecule has 1 saturated heterocycles. The first-order valence-corrected chi connectivity index (χ1v) is 7.10. The summed E-state index contributed by atoms with van der Waals surface area (Å²) in [6.45, 7) is 3.36. The van der Waals surface area contributed by atoms with E-state index >= 15 is 0 Å². The van der Waals surface area contributed by atoms with Crippen molar-refractivity contribution in [3.63, 3.8) is 0 Å². The van der Waals surface area contributed by atoms with E-state index in [9.17, 15) is 14.4 Å². The van der Waals surface area contributed by atoms with Gasteiger partial charge >= 0.3 is 6.09 Å². The van der Waals surface area contributed by atoms with Gasteiger partial charge in [-0.1, -0.05) is 19.1 Å². The summed E-state index contributed by atoms with van der Waals surface area (Å²) >= 11 is 0. The maximum absolute atomic E-state index is 12.0. The molecule has 2 rings (SSSR count). The van der Waals surface area contributed by atoms with E-state index in [0.29, 0.717) is 38.9 Å². The third-order valence-electron chi connectivity index (χ3n) is 4.12. The first-order chi connectivity index (χ1) is 9.91. The number of imide groups is 1. The zero-order valence-corrected chi connectivity index (χ0v) is 12.1. The molecule has 2 heterocycles. The van der Waals surface area contributed by atoms with Crippen LogP contribution in [0.3, 0.4) is 0 Å². The number of hydrogen-bond acceptors (Lipinski definition) is 3. The highest BCUT2D eigenvalue weighted by Gasteiger charge is 2.30. The lowest BCUT2D eigenvalue weighted by molar-refractivity contribution is -0.139. The molecule has 0 atom stereocenters. The lowest BCUT2D eigenvalue weighted by atomic mass is 9.80. The van der Waals surface area contributed by atoms with E-state index < -0.39 is 6.09 Å². The summed E-state index contributed by atoms with van der Waals surface area (Å²) in [5.41, 5.74) is -0.198. The molecule has 1 fully saturated rings. The molecule has 6 nitrogen and oxygen atoms in total. The molecule has 0 saturated carbocycles. The molecule has 2 aliphatic rings. The molecule has 6 heteroatoms. The van der Waals surface area contributed by atoms with E-state index in [4.69, 9.17) is 5.11 Å². The van der Waals surface area contributed by atoms with Crippen LogP contribution in [-0.2, 0) is 9.59 Å². The van der Waals surface area contributed by atoms with Gasteiger partial charge < -0.3 is 10.0 Å². The average Bonchev–Trinajstić information content (AvgIpc) is 2.46. The van der Waals surface area contributed by atoms with Crippen LogP contribution in [0.1, 0.15) is 26.2 Å². The third kappa shape index (κ3) is 3.71. The number of likely N-dealkylation sites (tertiary alicyclic amines) is 1. The Bertz CT molecular complexity index is 502. The number of allylic oxidation sites excluding steroid dienone is 1. The van der Waals surface area contributed by atoms with Crippen LogP contribution >= 0.6 is 0 Å². The molecule has 0 aromatic heterocycles. The van der Waals surface area contributed by atoms with Gasteiger partial charge in [-0.2, -0.15) is 0 Å². The standard InChI is InChI=1S/C15H20N2O4/c1-15(7-10-16(11-8-15)14(20)21)6-5-13(19)17-9-3-2-4-12(17)18/h2,4-6H,3,7-11H2,1H3,(H,20,21)/b6-5+. The van der Waals surface area contributed by atoms with Crippen LogP contribution < -0.4 is 0 Å². The highest BCUT2D eigenvalue weighted by molar-refractivity contribution is 6.05. The fourth-order valence-corrected chi connectivity index (χ4v) is 2.54. The minimum Gasteiger partial charge on any atom is -0.465 e. The van der Waals surface area contributed by atoms with Crippen LogP contribution in [0.4, 0.5) is 4.79 Å². The molecule has 3 amide bonds. The Hall–Kier alpha value is -2.11. The summed E-state index contributed by atoms with van der Waals surface area (Å²) in [4.78, 5) is 37.1. The molecule has 1 N–H and O–H groups in total. The molecule has 0 aromatic carbocycles. The molecule has 0 bridgehead atoms. The minimum atomic E-state index is -0.900. The van der Waals surface area contributed by atoms with Crippen molar-refractivity contribution in [2.45, 2.75) is 26.2 Å². The van der Waals surface area contributed by atoms with Crippen LogP contribution in [0, 0.1) is 5.41 Å². The maximum atomic E-state index is 12.0. The smallest absolute Gasteiger partial charge is 0.407 e. The fraction of sp³-hybridized carbons (Fsp3) is 0.533. The average molecular weight is 292 g/mol. The normalized spacial score (nSPS) is 21.9. The molecular formula is C15H20N2O4. The van der Waals surface area contributed by atoms with Crippen LogP contribution in [0.5, 0.6) is 0 Å². The number of rotatable bonds is 2. The molecule has 0 radical (unpaired) electrons. The molecular weight excluding hydrogens is 272 g/mol. The van der Waals surface area contributed by atoms with Crippen LogP contribution in [0.2, 0.25) is 0 Å². The van der Waals surface area contributed by atoms with Gasteiger partial charge in [0, 0.05) is 25.7 Å². The van der Waals surface area contributed by atoms with Crippen LogP contribution in [-0.4, -0.2) is 52.4 Å². The number of carbonyl (C=O) groups excluding carboxylic acids is 2. The molecule has 0 aliphatic carbocycles. The van der Waals surface area contributed by atoms with Crippen LogP contribution in [0.15, 0.2) is 24.3 Å². The van der Waals surface area contributed by atoms with Gasteiger partial charge in [-0.15, -0.1) is 0 Å². The van der Waals surface area contributed by atoms with Gasteiger partial charge in [0.15, 0.2) is 0 Å². The number of carboxylic acid groups (broad SMARTS) is 1. The Morgan fingerprint density at radius 1 is 1.29 bits per heavy atom. The second kappa shape index (κ2) is 6.11. The Balaban J connectivity index is 1.94. The number of amides is 3. The quantitative estimate of drug-likeness (QED) is 0.785. The Morgan fingerprint density at radius 2 is 1.95 bits per heavy atom. The van der Waals surface area contributed by atoms with Gasteiger partial charge in [0.05, 0.1) is 0 Å². The Labute approximate surface area is 123 Å². The highest BCUT2D eigenvalue weighted by atomic mass is 16.4. The van der Waals surface area contributed by atoms with Gasteiger partial charge in [-0.05, 0) is 30.8 Å². The molecule has 114 valence electrons. The second-order valence-electron chi connectivity index (χ2n) is 5.78. The van der Waals surface area contributed by atoms with Gasteiger partial charge in [-0.25, -0.2) is 4.79 Å². The van der Waals surface area contributed by atoms with Crippen molar-refractivity contribution >= 4 is 17.9 Å². The van der Waals surface area contributed by atoms with Crippen molar-refractivity contribution in [2.75, 3.05) is 19.6 Å². The molecule has 0 unspecified atom stereocenters. The second-order valence-corrected chi connectivity index (χ2v) is 5.78. The number of hydrogen-bond donors (Lipinski definition) is 1. The van der Waals surface area contributed by atoms with E-state index in [-0.39, 0.29) is 17.2 Å². The zero-order chi connectivity index (χ0) is 15.5. The summed E-state index contributed by atoms with van der Waals surface area (Å²) in [5.74, 6) is -0.576. The summed E-state index contributed by atoms with van der Waals surface area (Å²) in [6.07, 6.45) is 7.60. The van der Waals surface area contributed by atoms with E-state index in [1.165, 1.54) is 22.0 Å². The predicted octanol–water partition coefficient (Wildman–Crippen LogP) is 1.64. The number of piperidine rings is 1. The van der Waals surface area contributed by atoms with E-state index in [1.807, 2.05) is 13.0 Å². The van der Waals surface area contributed by atoms with Gasteiger partial charge in [-0.3, -0.25) is 14.5 Å². The van der Waals surface area contributed by atoms with E-state index in [2.05, 4.69) is 0 Å². The summed E-state index contributed by atoms with van der Waals surface area (Å²) in [7, 11) is 0. The maximum Gasteiger partial charge on any atom is 0.407 e. The molecule has 0 aromatic rings. The van der Waals surface area contributed by atoms with Gasteiger partial charge in [0.25, 0.3) is 11.8 Å². The lowest BCUT2D eigenvalue weighted by Crippen LogP contribution is -2.41. The number of nitrogens with zero attached hydrogens (tertiary/aromatic N) is 2. The Kier molecular flexibility index (Phi) is 4.45. The molecule has 0 spiro atoms. The van der Waals surface area contributed by atoms with E-state index in [1.54, 1.807) is 6.08 Å². The van der Waals surface area contributed by atoms with Crippen molar-refractivity contribution < 1.29 is 19.5 Å². The first kappa shape index (κ1) is 15.3. The van der Waals surface area contributed by atoms with Crippen molar-refractivity contribution in [1.82, 2.24) is 9.80 Å². The third-order valence-corrected chi connectivity index (χ3v) is 4.12. The summed E-state index contributed by atoms with van der Waals surface area (Å²) < 4.78 is 0. The van der Waals surface area contributed by atoms with Gasteiger partial charge in [0.1, 0.15) is 0 Å². The zero-order valence-electron chi connectivity index (χ0n) is 12.1. The SMILES string of the molecule is CC1(/C=C/C(=O)N2CCC=CC2=O)CCN(C(=O)O)CC1. The van der Waals surface area contributed by atoms with Crippen molar-refractivity contribution in [3.05, 3.63) is 24.3 Å².